The van der Waals surface area contributed by atoms with Gasteiger partial charge in [-0.05, 0) is 36.4 Å². The average Bonchev–Trinajstić information content (AvgIpc) is 3.29. The summed E-state index contributed by atoms with van der Waals surface area (Å²) in [6.07, 6.45) is 0.165. The van der Waals surface area contributed by atoms with Crippen molar-refractivity contribution in [3.63, 3.8) is 0 Å². The predicted octanol–water partition coefficient (Wildman–Crippen LogP) is 5.09. The van der Waals surface area contributed by atoms with Crippen LogP contribution in [0, 0.1) is 5.82 Å². The van der Waals surface area contributed by atoms with Gasteiger partial charge in [-0.3, -0.25) is 0 Å². The lowest BCUT2D eigenvalue weighted by Crippen LogP contribution is -2.33. The molecular formula is C25H23FN2O4. The summed E-state index contributed by atoms with van der Waals surface area (Å²) in [5.41, 5.74) is 3.66. The lowest BCUT2D eigenvalue weighted by molar-refractivity contribution is -0.0209. The van der Waals surface area contributed by atoms with Gasteiger partial charge in [0, 0.05) is 23.1 Å². The molecule has 0 saturated heterocycles. The molecular weight excluding hydrogens is 411 g/mol. The number of ether oxygens (including phenoxy) is 4. The smallest absolute Gasteiger partial charge is 0.214 e. The minimum atomic E-state index is -0.512. The van der Waals surface area contributed by atoms with Crippen molar-refractivity contribution in [2.75, 3.05) is 21.3 Å². The number of hydrogen-bond donors (Lipinski definition) is 0. The van der Waals surface area contributed by atoms with Gasteiger partial charge >= 0.3 is 0 Å². The quantitative estimate of drug-likeness (QED) is 0.560. The number of benzene rings is 3. The zero-order valence-corrected chi connectivity index (χ0v) is 18.0. The Balaban J connectivity index is 1.60. The largest absolute Gasteiger partial charge is 0.493 e. The summed E-state index contributed by atoms with van der Waals surface area (Å²) in [5.74, 6) is 2.36. The molecule has 0 aromatic heterocycles. The third-order valence-electron chi connectivity index (χ3n) is 5.87. The van der Waals surface area contributed by atoms with Crippen molar-refractivity contribution in [1.29, 1.82) is 0 Å². The van der Waals surface area contributed by atoms with Gasteiger partial charge < -0.3 is 18.9 Å². The normalized spacial score (nSPS) is 18.9. The van der Waals surface area contributed by atoms with E-state index in [1.54, 1.807) is 33.5 Å². The number of hydrazone groups is 1. The lowest BCUT2D eigenvalue weighted by Gasteiger charge is -2.38. The van der Waals surface area contributed by atoms with E-state index in [2.05, 4.69) is 0 Å². The predicted molar refractivity (Wildman–Crippen MR) is 118 cm³/mol. The van der Waals surface area contributed by atoms with Crippen LogP contribution in [0.3, 0.4) is 0 Å². The van der Waals surface area contributed by atoms with Crippen LogP contribution in [-0.4, -0.2) is 32.0 Å². The molecule has 0 saturated carbocycles. The Morgan fingerprint density at radius 2 is 1.66 bits per heavy atom. The molecule has 32 heavy (non-hydrogen) atoms. The molecule has 2 aliphatic rings. The van der Waals surface area contributed by atoms with E-state index in [-0.39, 0.29) is 11.9 Å². The molecule has 3 aromatic rings. The van der Waals surface area contributed by atoms with Crippen LogP contribution in [0.5, 0.6) is 23.0 Å². The van der Waals surface area contributed by atoms with Gasteiger partial charge in [0.2, 0.25) is 6.23 Å². The monoisotopic (exact) mass is 434 g/mol. The fourth-order valence-electron chi connectivity index (χ4n) is 4.28. The van der Waals surface area contributed by atoms with E-state index in [1.165, 1.54) is 12.1 Å². The molecule has 0 amide bonds. The van der Waals surface area contributed by atoms with Gasteiger partial charge in [0.15, 0.2) is 23.0 Å². The zero-order valence-electron chi connectivity index (χ0n) is 18.0. The number of halogens is 1. The van der Waals surface area contributed by atoms with E-state index in [0.717, 1.165) is 22.4 Å². The van der Waals surface area contributed by atoms with Crippen LogP contribution < -0.4 is 18.9 Å². The summed E-state index contributed by atoms with van der Waals surface area (Å²) in [6, 6.07) is 17.9. The van der Waals surface area contributed by atoms with Crippen LogP contribution in [0.2, 0.25) is 0 Å². The van der Waals surface area contributed by atoms with Crippen LogP contribution in [0.15, 0.2) is 65.8 Å². The van der Waals surface area contributed by atoms with Crippen LogP contribution >= 0.6 is 0 Å². The highest BCUT2D eigenvalue weighted by molar-refractivity contribution is 6.02. The summed E-state index contributed by atoms with van der Waals surface area (Å²) in [6.45, 7) is 0. The summed E-state index contributed by atoms with van der Waals surface area (Å²) in [4.78, 5) is 0. The molecule has 0 radical (unpaired) electrons. The Kier molecular flexibility index (Phi) is 5.09. The van der Waals surface area contributed by atoms with Crippen molar-refractivity contribution in [2.24, 2.45) is 5.10 Å². The maximum atomic E-state index is 13.6. The van der Waals surface area contributed by atoms with E-state index in [9.17, 15) is 4.39 Å². The highest BCUT2D eigenvalue weighted by Gasteiger charge is 2.42. The first-order valence-corrected chi connectivity index (χ1v) is 10.3. The van der Waals surface area contributed by atoms with Crippen molar-refractivity contribution >= 4 is 5.71 Å². The van der Waals surface area contributed by atoms with Crippen molar-refractivity contribution < 1.29 is 23.3 Å². The topological polar surface area (TPSA) is 52.5 Å². The second kappa shape index (κ2) is 8.07. The minimum absolute atomic E-state index is 0.0491. The Morgan fingerprint density at radius 3 is 2.38 bits per heavy atom. The maximum Gasteiger partial charge on any atom is 0.214 e. The molecule has 0 N–H and O–H groups in total. The Labute approximate surface area is 185 Å². The van der Waals surface area contributed by atoms with Gasteiger partial charge in [-0.15, -0.1) is 0 Å². The molecule has 5 rings (SSSR count). The third kappa shape index (κ3) is 3.30. The van der Waals surface area contributed by atoms with Crippen molar-refractivity contribution in [2.45, 2.75) is 18.7 Å². The van der Waals surface area contributed by atoms with Crippen molar-refractivity contribution in [3.05, 3.63) is 83.2 Å². The van der Waals surface area contributed by atoms with E-state index >= 15 is 0 Å². The van der Waals surface area contributed by atoms with E-state index in [4.69, 9.17) is 24.0 Å². The third-order valence-corrected chi connectivity index (χ3v) is 5.87. The van der Waals surface area contributed by atoms with Crippen molar-refractivity contribution in [3.8, 4) is 23.0 Å². The number of nitrogens with zero attached hydrogens (tertiary/aromatic N) is 2. The number of hydrogen-bond acceptors (Lipinski definition) is 6. The van der Waals surface area contributed by atoms with Gasteiger partial charge in [-0.1, -0.05) is 24.3 Å². The molecule has 3 aromatic carbocycles. The van der Waals surface area contributed by atoms with Gasteiger partial charge in [0.05, 0.1) is 33.1 Å². The van der Waals surface area contributed by atoms with Gasteiger partial charge in [-0.25, -0.2) is 9.40 Å². The molecule has 0 bridgehead atoms. The van der Waals surface area contributed by atoms with E-state index in [1.807, 2.05) is 41.4 Å². The molecule has 0 spiro atoms. The molecule has 0 fully saturated rings. The van der Waals surface area contributed by atoms with Crippen LogP contribution in [0.4, 0.5) is 4.39 Å². The highest BCUT2D eigenvalue weighted by atomic mass is 19.1. The molecule has 6 nitrogen and oxygen atoms in total. The summed E-state index contributed by atoms with van der Waals surface area (Å²) in [5, 5.41) is 6.89. The minimum Gasteiger partial charge on any atom is -0.493 e. The fourth-order valence-corrected chi connectivity index (χ4v) is 4.28. The van der Waals surface area contributed by atoms with Crippen LogP contribution in [-0.2, 0) is 0 Å². The first-order chi connectivity index (χ1) is 15.6. The molecule has 2 atom stereocenters. The highest BCUT2D eigenvalue weighted by Crippen LogP contribution is 2.50. The van der Waals surface area contributed by atoms with E-state index in [0.29, 0.717) is 29.4 Å². The second-order valence-corrected chi connectivity index (χ2v) is 7.62. The summed E-state index contributed by atoms with van der Waals surface area (Å²) in [7, 11) is 4.85. The van der Waals surface area contributed by atoms with E-state index < -0.39 is 6.23 Å². The number of rotatable bonds is 5. The number of fused-ring (bicyclic) bond motifs is 3. The SMILES string of the molecule is COc1ccc(C2=NN3[C@H](C2)c2cccc(OC)c2O[C@H]3c2ccc(F)cc2)cc1OC. The Hall–Kier alpha value is -3.74. The molecule has 2 heterocycles. The van der Waals surface area contributed by atoms with Crippen molar-refractivity contribution in [1.82, 2.24) is 5.01 Å². The molecule has 164 valence electrons. The van der Waals surface area contributed by atoms with Gasteiger partial charge in [0.1, 0.15) is 5.82 Å². The molecule has 0 aliphatic carbocycles. The average molecular weight is 434 g/mol. The molecule has 7 heteroatoms. The first-order valence-electron chi connectivity index (χ1n) is 10.3. The second-order valence-electron chi connectivity index (χ2n) is 7.62. The van der Waals surface area contributed by atoms with Gasteiger partial charge in [-0.2, -0.15) is 5.10 Å². The van der Waals surface area contributed by atoms with Crippen LogP contribution in [0.25, 0.3) is 0 Å². The van der Waals surface area contributed by atoms with Gasteiger partial charge in [0.25, 0.3) is 0 Å². The Morgan fingerprint density at radius 1 is 0.906 bits per heavy atom. The Bertz CT molecular complexity index is 1180. The number of para-hydroxylation sites is 1. The van der Waals surface area contributed by atoms with Crippen LogP contribution in [0.1, 0.15) is 35.4 Å². The fraction of sp³-hybridized carbons (Fsp3) is 0.240. The summed E-state index contributed by atoms with van der Waals surface area (Å²) >= 11 is 0. The molecule has 0 unspecified atom stereocenters. The summed E-state index contributed by atoms with van der Waals surface area (Å²) < 4.78 is 36.4. The number of methoxy groups -OCH3 is 3. The zero-order chi connectivity index (χ0) is 22.2. The lowest BCUT2D eigenvalue weighted by atomic mass is 9.95. The molecule has 2 aliphatic heterocycles. The first kappa shape index (κ1) is 20.2. The maximum absolute atomic E-state index is 13.6. The standard InChI is InChI=1S/C25H23FN2O4/c1-29-21-12-9-16(13-23(21)31-3)19-14-20-18-5-4-6-22(30-2)24(18)32-25(28(20)27-19)15-7-10-17(26)11-8-15/h4-13,20,25H,14H2,1-3H3/t20-,25+/m1/s1.